The van der Waals surface area contributed by atoms with Gasteiger partial charge in [-0.05, 0) is 88.0 Å². The summed E-state index contributed by atoms with van der Waals surface area (Å²) in [6.07, 6.45) is 6.84. The quantitative estimate of drug-likeness (QED) is 0.652. The summed E-state index contributed by atoms with van der Waals surface area (Å²) in [5, 5.41) is 7.96. The third-order valence-electron chi connectivity index (χ3n) is 7.94. The molecule has 1 aromatic heterocycles. The van der Waals surface area contributed by atoms with Crippen LogP contribution in [0.25, 0.3) is 5.69 Å². The number of aromatic nitrogens is 2. The van der Waals surface area contributed by atoms with Crippen LogP contribution in [0.2, 0.25) is 0 Å². The maximum atomic E-state index is 13.6. The predicted molar refractivity (Wildman–Crippen MR) is 122 cm³/mol. The molecule has 3 unspecified atom stereocenters. The Labute approximate surface area is 193 Å². The first-order valence-electron chi connectivity index (χ1n) is 12.4. The second-order valence-corrected chi connectivity index (χ2v) is 9.71. The summed E-state index contributed by atoms with van der Waals surface area (Å²) in [6, 6.07) is 6.06. The van der Waals surface area contributed by atoms with Crippen molar-refractivity contribution < 1.29 is 18.7 Å². The molecular formula is C26H32FN3O3. The first kappa shape index (κ1) is 22.1. The van der Waals surface area contributed by atoms with E-state index in [-0.39, 0.29) is 35.6 Å². The number of carbonyl (C=O) groups excluding carboxylic acids is 2. The molecular weight excluding hydrogens is 421 g/mol. The Balaban J connectivity index is 1.48. The maximum absolute atomic E-state index is 13.6. The molecule has 1 N–H and O–H groups in total. The van der Waals surface area contributed by atoms with Crippen LogP contribution in [0.1, 0.15) is 80.0 Å². The van der Waals surface area contributed by atoms with Gasteiger partial charge in [-0.15, -0.1) is 0 Å². The van der Waals surface area contributed by atoms with Crippen molar-refractivity contribution in [1.82, 2.24) is 15.1 Å². The summed E-state index contributed by atoms with van der Waals surface area (Å²) in [4.78, 5) is 26.2. The van der Waals surface area contributed by atoms with Gasteiger partial charge in [-0.25, -0.2) is 9.07 Å². The van der Waals surface area contributed by atoms with Gasteiger partial charge in [0, 0.05) is 17.5 Å². The Morgan fingerprint density at radius 2 is 1.91 bits per heavy atom. The van der Waals surface area contributed by atoms with E-state index >= 15 is 0 Å². The minimum atomic E-state index is -0.300. The molecule has 3 aliphatic carbocycles. The molecule has 6 nitrogen and oxygen atoms in total. The van der Waals surface area contributed by atoms with E-state index in [0.717, 1.165) is 61.9 Å². The maximum Gasteiger partial charge on any atom is 0.311 e. The highest BCUT2D eigenvalue weighted by molar-refractivity contribution is 5.95. The lowest BCUT2D eigenvalue weighted by Gasteiger charge is -2.30. The second-order valence-electron chi connectivity index (χ2n) is 9.71. The third-order valence-corrected chi connectivity index (χ3v) is 7.94. The minimum absolute atomic E-state index is 0.195. The highest BCUT2D eigenvalue weighted by Crippen LogP contribution is 2.49. The van der Waals surface area contributed by atoms with E-state index < -0.39 is 0 Å². The number of ether oxygens (including phenoxy) is 1. The van der Waals surface area contributed by atoms with Crippen LogP contribution in [0.5, 0.6) is 0 Å². The lowest BCUT2D eigenvalue weighted by atomic mass is 9.83. The van der Waals surface area contributed by atoms with E-state index in [1.165, 1.54) is 12.1 Å². The molecule has 2 bridgehead atoms. The molecule has 5 rings (SSSR count). The minimum Gasteiger partial charge on any atom is -0.466 e. The zero-order valence-corrected chi connectivity index (χ0v) is 19.4. The summed E-state index contributed by atoms with van der Waals surface area (Å²) < 4.78 is 20.7. The fourth-order valence-corrected chi connectivity index (χ4v) is 6.45. The predicted octanol–water partition coefficient (Wildman–Crippen LogP) is 4.55. The van der Waals surface area contributed by atoms with Crippen molar-refractivity contribution >= 4 is 11.9 Å². The van der Waals surface area contributed by atoms with Crippen molar-refractivity contribution in [2.45, 2.75) is 70.8 Å². The molecule has 1 amide bonds. The fraction of sp³-hybridized carbons (Fsp3) is 0.577. The van der Waals surface area contributed by atoms with Gasteiger partial charge < -0.3 is 10.1 Å². The van der Waals surface area contributed by atoms with E-state index in [0.29, 0.717) is 24.1 Å². The first-order chi connectivity index (χ1) is 16.0. The smallest absolute Gasteiger partial charge is 0.311 e. The van der Waals surface area contributed by atoms with Crippen molar-refractivity contribution in [1.29, 1.82) is 0 Å². The number of fused-ring (bicyclic) bond motifs is 3. The van der Waals surface area contributed by atoms with E-state index in [4.69, 9.17) is 9.84 Å². The molecule has 0 spiro atoms. The van der Waals surface area contributed by atoms with Crippen molar-refractivity contribution in [3.63, 3.8) is 0 Å². The summed E-state index contributed by atoms with van der Waals surface area (Å²) in [5.41, 5.74) is 3.26. The average molecular weight is 454 g/mol. The Morgan fingerprint density at radius 3 is 2.64 bits per heavy atom. The number of hydrogen-bond acceptors (Lipinski definition) is 4. The van der Waals surface area contributed by atoms with Crippen LogP contribution >= 0.6 is 0 Å². The number of nitrogens with zero attached hydrogens (tertiary/aromatic N) is 2. The van der Waals surface area contributed by atoms with Gasteiger partial charge in [0.25, 0.3) is 5.91 Å². The van der Waals surface area contributed by atoms with E-state index in [1.807, 2.05) is 11.6 Å². The summed E-state index contributed by atoms with van der Waals surface area (Å²) in [7, 11) is 0. The molecule has 2 saturated carbocycles. The van der Waals surface area contributed by atoms with Gasteiger partial charge in [-0.3, -0.25) is 9.59 Å². The molecule has 0 aliphatic heterocycles. The van der Waals surface area contributed by atoms with Crippen LogP contribution in [0.3, 0.4) is 0 Å². The number of esters is 1. The monoisotopic (exact) mass is 453 g/mol. The number of benzene rings is 1. The molecule has 5 atom stereocenters. The third kappa shape index (κ3) is 3.85. The fourth-order valence-electron chi connectivity index (χ4n) is 6.45. The topological polar surface area (TPSA) is 73.2 Å². The number of carbonyl (C=O) groups is 2. The van der Waals surface area contributed by atoms with Crippen LogP contribution in [0.15, 0.2) is 24.3 Å². The van der Waals surface area contributed by atoms with Crippen molar-refractivity contribution in [2.24, 2.45) is 17.8 Å². The highest BCUT2D eigenvalue weighted by Gasteiger charge is 2.52. The number of amides is 1. The van der Waals surface area contributed by atoms with Crippen LogP contribution in [0.4, 0.5) is 4.39 Å². The van der Waals surface area contributed by atoms with Crippen LogP contribution < -0.4 is 5.32 Å². The van der Waals surface area contributed by atoms with Crippen LogP contribution in [0, 0.1) is 23.6 Å². The second kappa shape index (κ2) is 8.92. The number of halogens is 1. The number of nitrogens with one attached hydrogen (secondary N) is 1. The van der Waals surface area contributed by atoms with E-state index in [2.05, 4.69) is 12.2 Å². The van der Waals surface area contributed by atoms with Crippen molar-refractivity contribution in [2.75, 3.05) is 6.61 Å². The van der Waals surface area contributed by atoms with Gasteiger partial charge in [-0.2, -0.15) is 5.10 Å². The SMILES string of the molecule is CCOC(=O)[C@H]1C2CCC(C2)[C@H]1NC(=O)c1nn(-c2ccc(F)cc2)c2c1CCCC2CC. The Kier molecular flexibility index (Phi) is 5.97. The van der Waals surface area contributed by atoms with Gasteiger partial charge in [0.1, 0.15) is 5.82 Å². The molecule has 33 heavy (non-hydrogen) atoms. The largest absolute Gasteiger partial charge is 0.466 e. The Hall–Kier alpha value is -2.70. The molecule has 1 heterocycles. The zero-order valence-electron chi connectivity index (χ0n) is 19.4. The normalized spacial score (nSPS) is 27.9. The standard InChI is InChI=1S/C26H32FN3O3/c1-3-15-6-5-7-20-23(29-30(24(15)20)19-12-10-18(27)11-13-19)25(31)28-22-17-9-8-16(14-17)21(22)26(32)33-4-2/h10-13,15-17,21-22H,3-9,14H2,1-2H3,(H,28,31)/t15?,16?,17?,21-,22+/m0/s1. The van der Waals surface area contributed by atoms with Gasteiger partial charge in [0.05, 0.1) is 23.9 Å². The van der Waals surface area contributed by atoms with Gasteiger partial charge in [-0.1, -0.05) is 6.92 Å². The van der Waals surface area contributed by atoms with Crippen LogP contribution in [-0.2, 0) is 16.0 Å². The molecule has 2 aromatic rings. The Bertz CT molecular complexity index is 1050. The molecule has 0 radical (unpaired) electrons. The van der Waals surface area contributed by atoms with Crippen molar-refractivity contribution in [3.8, 4) is 5.69 Å². The van der Waals surface area contributed by atoms with E-state index in [1.54, 1.807) is 12.1 Å². The van der Waals surface area contributed by atoms with Gasteiger partial charge in [0.15, 0.2) is 5.69 Å². The average Bonchev–Trinajstić information content (AvgIpc) is 3.53. The first-order valence-corrected chi connectivity index (χ1v) is 12.4. The molecule has 0 saturated heterocycles. The zero-order chi connectivity index (χ0) is 23.1. The summed E-state index contributed by atoms with van der Waals surface area (Å²) in [6.45, 7) is 4.32. The van der Waals surface area contributed by atoms with Crippen molar-refractivity contribution in [3.05, 3.63) is 47.0 Å². The van der Waals surface area contributed by atoms with Crippen LogP contribution in [-0.4, -0.2) is 34.3 Å². The molecule has 7 heteroatoms. The Morgan fingerprint density at radius 1 is 1.15 bits per heavy atom. The molecule has 1 aromatic carbocycles. The number of rotatable bonds is 6. The number of hydrogen-bond donors (Lipinski definition) is 1. The summed E-state index contributed by atoms with van der Waals surface area (Å²) >= 11 is 0. The molecule has 2 fully saturated rings. The van der Waals surface area contributed by atoms with E-state index in [9.17, 15) is 14.0 Å². The lowest BCUT2D eigenvalue weighted by molar-refractivity contribution is -0.150. The summed E-state index contributed by atoms with van der Waals surface area (Å²) in [5.74, 6) is -0.0725. The lowest BCUT2D eigenvalue weighted by Crippen LogP contribution is -2.47. The highest BCUT2D eigenvalue weighted by atomic mass is 19.1. The molecule has 176 valence electrons. The van der Waals surface area contributed by atoms with Gasteiger partial charge >= 0.3 is 5.97 Å². The molecule has 3 aliphatic rings. The van der Waals surface area contributed by atoms with Gasteiger partial charge in [0.2, 0.25) is 0 Å².